The Hall–Kier alpha value is -3.29. The van der Waals surface area contributed by atoms with Gasteiger partial charge in [0.25, 0.3) is 5.69 Å². The van der Waals surface area contributed by atoms with Crippen molar-refractivity contribution in [3.8, 4) is 0 Å². The van der Waals surface area contributed by atoms with E-state index in [-0.39, 0.29) is 11.4 Å². The number of non-ortho nitro benzene ring substituents is 1. The second-order valence-electron chi connectivity index (χ2n) is 5.97. The van der Waals surface area contributed by atoms with Crippen LogP contribution in [0.25, 0.3) is 0 Å². The summed E-state index contributed by atoms with van der Waals surface area (Å²) in [5.74, 6) is 0. The molecule has 0 saturated carbocycles. The molecule has 0 heterocycles. The van der Waals surface area contributed by atoms with Crippen molar-refractivity contribution in [3.63, 3.8) is 0 Å². The highest BCUT2D eigenvalue weighted by molar-refractivity contribution is 5.85. The standard InChI is InChI=1S/C19H22N4O4/c1-4-13-9-14(5-2)17(15(6-3)10-13)12-20-21-18-8-7-16(22(24)25)11-19(18)23(26)27/h7-12,21H,4-6H2,1-3H3. The van der Waals surface area contributed by atoms with Gasteiger partial charge in [-0.3, -0.25) is 25.7 Å². The van der Waals surface area contributed by atoms with Crippen molar-refractivity contribution in [3.05, 3.63) is 72.8 Å². The fraction of sp³-hybridized carbons (Fsp3) is 0.316. The van der Waals surface area contributed by atoms with Crippen molar-refractivity contribution in [2.24, 2.45) is 5.10 Å². The minimum Gasteiger partial charge on any atom is -0.272 e. The summed E-state index contributed by atoms with van der Waals surface area (Å²) in [7, 11) is 0. The summed E-state index contributed by atoms with van der Waals surface area (Å²) in [6.45, 7) is 6.25. The van der Waals surface area contributed by atoms with Gasteiger partial charge in [-0.1, -0.05) is 32.9 Å². The number of nitro benzene ring substituents is 2. The molecule has 8 nitrogen and oxygen atoms in total. The predicted octanol–water partition coefficient (Wildman–Crippen LogP) is 4.64. The number of nitrogens with zero attached hydrogens (tertiary/aromatic N) is 3. The first-order chi connectivity index (χ1) is 12.9. The monoisotopic (exact) mass is 370 g/mol. The summed E-state index contributed by atoms with van der Waals surface area (Å²) in [6, 6.07) is 7.71. The largest absolute Gasteiger partial charge is 0.301 e. The van der Waals surface area contributed by atoms with Gasteiger partial charge < -0.3 is 0 Å². The van der Waals surface area contributed by atoms with Gasteiger partial charge in [0.1, 0.15) is 5.69 Å². The number of hydrogen-bond donors (Lipinski definition) is 1. The lowest BCUT2D eigenvalue weighted by Crippen LogP contribution is -2.03. The Morgan fingerprint density at radius 2 is 1.59 bits per heavy atom. The fourth-order valence-corrected chi connectivity index (χ4v) is 2.85. The summed E-state index contributed by atoms with van der Waals surface area (Å²) in [5.41, 5.74) is 6.59. The molecule has 2 aromatic carbocycles. The van der Waals surface area contributed by atoms with Crippen molar-refractivity contribution in [1.82, 2.24) is 0 Å². The molecular weight excluding hydrogens is 348 g/mol. The van der Waals surface area contributed by atoms with E-state index in [1.165, 1.54) is 17.7 Å². The van der Waals surface area contributed by atoms with E-state index in [0.717, 1.165) is 42.0 Å². The zero-order chi connectivity index (χ0) is 20.0. The number of benzene rings is 2. The Bertz CT molecular complexity index is 868. The summed E-state index contributed by atoms with van der Waals surface area (Å²) in [5, 5.41) is 26.2. The second kappa shape index (κ2) is 8.88. The average molecular weight is 370 g/mol. The van der Waals surface area contributed by atoms with Gasteiger partial charge in [0.05, 0.1) is 22.1 Å². The first-order valence-corrected chi connectivity index (χ1v) is 8.77. The zero-order valence-electron chi connectivity index (χ0n) is 15.6. The van der Waals surface area contributed by atoms with E-state index >= 15 is 0 Å². The van der Waals surface area contributed by atoms with Crippen LogP contribution in [0, 0.1) is 20.2 Å². The van der Waals surface area contributed by atoms with Crippen molar-refractivity contribution < 1.29 is 9.85 Å². The van der Waals surface area contributed by atoms with Crippen LogP contribution in [-0.4, -0.2) is 16.1 Å². The first-order valence-electron chi connectivity index (χ1n) is 8.77. The van der Waals surface area contributed by atoms with Crippen LogP contribution in [0.2, 0.25) is 0 Å². The third-order valence-corrected chi connectivity index (χ3v) is 4.35. The molecule has 0 spiro atoms. The van der Waals surface area contributed by atoms with Crippen LogP contribution >= 0.6 is 0 Å². The molecule has 0 aliphatic rings. The molecule has 0 amide bonds. The minimum atomic E-state index is -0.671. The third kappa shape index (κ3) is 4.66. The van der Waals surface area contributed by atoms with Crippen LogP contribution in [0.5, 0.6) is 0 Å². The highest BCUT2D eigenvalue weighted by Gasteiger charge is 2.19. The number of aryl methyl sites for hydroxylation is 3. The van der Waals surface area contributed by atoms with E-state index in [2.05, 4.69) is 43.4 Å². The molecule has 2 rings (SSSR count). The lowest BCUT2D eigenvalue weighted by molar-refractivity contribution is -0.393. The maximum Gasteiger partial charge on any atom is 0.301 e. The van der Waals surface area contributed by atoms with Crippen molar-refractivity contribution in [2.75, 3.05) is 5.43 Å². The van der Waals surface area contributed by atoms with Crippen LogP contribution in [0.1, 0.15) is 43.0 Å². The summed E-state index contributed by atoms with van der Waals surface area (Å²) in [4.78, 5) is 20.7. The van der Waals surface area contributed by atoms with Gasteiger partial charge in [-0.15, -0.1) is 0 Å². The lowest BCUT2D eigenvalue weighted by atomic mass is 9.94. The van der Waals surface area contributed by atoms with Crippen molar-refractivity contribution in [2.45, 2.75) is 40.0 Å². The molecule has 0 fully saturated rings. The molecule has 2 aromatic rings. The Balaban J connectivity index is 2.35. The minimum absolute atomic E-state index is 0.100. The normalized spacial score (nSPS) is 10.9. The van der Waals surface area contributed by atoms with E-state index in [9.17, 15) is 20.2 Å². The zero-order valence-corrected chi connectivity index (χ0v) is 15.6. The molecule has 0 atom stereocenters. The predicted molar refractivity (Wildman–Crippen MR) is 106 cm³/mol. The van der Waals surface area contributed by atoms with Gasteiger partial charge >= 0.3 is 5.69 Å². The molecule has 1 N–H and O–H groups in total. The number of anilines is 1. The van der Waals surface area contributed by atoms with Gasteiger partial charge in [-0.2, -0.15) is 5.10 Å². The maximum atomic E-state index is 11.2. The van der Waals surface area contributed by atoms with Gasteiger partial charge in [0, 0.05) is 11.6 Å². The molecule has 0 aromatic heterocycles. The summed E-state index contributed by atoms with van der Waals surface area (Å²) >= 11 is 0. The molecule has 0 radical (unpaired) electrons. The molecule has 0 unspecified atom stereocenters. The Labute approximate surface area is 157 Å². The molecule has 0 saturated heterocycles. The number of rotatable bonds is 8. The highest BCUT2D eigenvalue weighted by atomic mass is 16.6. The molecular formula is C19H22N4O4. The van der Waals surface area contributed by atoms with E-state index in [0.29, 0.717) is 0 Å². The molecule has 0 aliphatic heterocycles. The molecule has 8 heteroatoms. The number of nitrogens with one attached hydrogen (secondary N) is 1. The Morgan fingerprint density at radius 1 is 0.963 bits per heavy atom. The fourth-order valence-electron chi connectivity index (χ4n) is 2.85. The van der Waals surface area contributed by atoms with Gasteiger partial charge in [-0.25, -0.2) is 0 Å². The lowest BCUT2D eigenvalue weighted by Gasteiger charge is -2.12. The number of hydrogen-bond acceptors (Lipinski definition) is 6. The molecule has 142 valence electrons. The van der Waals surface area contributed by atoms with E-state index < -0.39 is 15.5 Å². The Kier molecular flexibility index (Phi) is 6.59. The van der Waals surface area contributed by atoms with Crippen molar-refractivity contribution in [1.29, 1.82) is 0 Å². The van der Waals surface area contributed by atoms with Crippen LogP contribution in [0.15, 0.2) is 35.4 Å². The topological polar surface area (TPSA) is 111 Å². The average Bonchev–Trinajstić information content (AvgIpc) is 2.67. The smallest absolute Gasteiger partial charge is 0.272 e. The third-order valence-electron chi connectivity index (χ3n) is 4.35. The first kappa shape index (κ1) is 20.0. The molecule has 0 bridgehead atoms. The molecule has 0 aliphatic carbocycles. The quantitative estimate of drug-likeness (QED) is 0.413. The van der Waals surface area contributed by atoms with Gasteiger partial charge in [0.2, 0.25) is 0 Å². The Morgan fingerprint density at radius 3 is 2.07 bits per heavy atom. The van der Waals surface area contributed by atoms with E-state index in [1.54, 1.807) is 6.21 Å². The van der Waals surface area contributed by atoms with Crippen LogP contribution in [0.3, 0.4) is 0 Å². The second-order valence-corrected chi connectivity index (χ2v) is 5.97. The number of nitro groups is 2. The van der Waals surface area contributed by atoms with Gasteiger partial charge in [-0.05, 0) is 42.0 Å². The van der Waals surface area contributed by atoms with Crippen LogP contribution in [0.4, 0.5) is 17.1 Å². The summed E-state index contributed by atoms with van der Waals surface area (Å²) < 4.78 is 0. The van der Waals surface area contributed by atoms with Crippen LogP contribution in [-0.2, 0) is 19.3 Å². The maximum absolute atomic E-state index is 11.2. The molecule has 27 heavy (non-hydrogen) atoms. The van der Waals surface area contributed by atoms with Gasteiger partial charge in [0.15, 0.2) is 0 Å². The van der Waals surface area contributed by atoms with E-state index in [4.69, 9.17) is 0 Å². The SMILES string of the molecule is CCc1cc(CC)c(C=NNc2ccc([N+](=O)[O-])cc2[N+](=O)[O-])c(CC)c1. The highest BCUT2D eigenvalue weighted by Crippen LogP contribution is 2.29. The van der Waals surface area contributed by atoms with Crippen LogP contribution < -0.4 is 5.43 Å². The van der Waals surface area contributed by atoms with E-state index in [1.807, 2.05) is 0 Å². The number of hydrazone groups is 1. The summed E-state index contributed by atoms with van der Waals surface area (Å²) in [6.07, 6.45) is 4.30. The van der Waals surface area contributed by atoms with Crippen molar-refractivity contribution >= 4 is 23.3 Å².